The Morgan fingerprint density at radius 2 is 1.82 bits per heavy atom. The van der Waals surface area contributed by atoms with Gasteiger partial charge in [0.2, 0.25) is 0 Å². The summed E-state index contributed by atoms with van der Waals surface area (Å²) in [6.45, 7) is 5.48. The number of amides is 2. The number of unbranched alkanes of at least 4 members (excludes halogenated alkanes) is 1. The lowest BCUT2D eigenvalue weighted by Gasteiger charge is -2.36. The molecule has 2 heterocycles. The molecule has 1 fully saturated rings. The van der Waals surface area contributed by atoms with Gasteiger partial charge in [-0.15, -0.1) is 0 Å². The van der Waals surface area contributed by atoms with Crippen molar-refractivity contribution in [1.82, 2.24) is 9.47 Å². The van der Waals surface area contributed by atoms with E-state index >= 15 is 0 Å². The number of primary amides is 1. The number of nitrogens with one attached hydrogen (secondary N) is 1. The Balaban J connectivity index is 1.33. The van der Waals surface area contributed by atoms with Crippen LogP contribution in [-0.2, 0) is 6.54 Å². The highest BCUT2D eigenvalue weighted by atomic mass is 35.5. The van der Waals surface area contributed by atoms with E-state index in [0.717, 1.165) is 68.7 Å². The topological polar surface area (TPSA) is 90.3 Å². The molecule has 1 saturated heterocycles. The summed E-state index contributed by atoms with van der Waals surface area (Å²) in [7, 11) is 0. The first kappa shape index (κ1) is 23.2. The van der Waals surface area contributed by atoms with Gasteiger partial charge in [-0.05, 0) is 49.7 Å². The van der Waals surface area contributed by atoms with Crippen molar-refractivity contribution in [3.63, 3.8) is 0 Å². The quantitative estimate of drug-likeness (QED) is 0.466. The number of benzene rings is 2. The van der Waals surface area contributed by atoms with Crippen LogP contribution in [0.2, 0.25) is 10.0 Å². The van der Waals surface area contributed by atoms with E-state index in [1.807, 2.05) is 41.0 Å². The first-order valence-corrected chi connectivity index (χ1v) is 11.7. The highest BCUT2D eigenvalue weighted by molar-refractivity contribution is 6.43. The molecule has 2 amide bonds. The largest absolute Gasteiger partial charge is 0.368 e. The minimum atomic E-state index is -0.600. The lowest BCUT2D eigenvalue weighted by molar-refractivity contribution is 0.251. The molecular formula is C24H26Cl2N6O. The van der Waals surface area contributed by atoms with Crippen molar-refractivity contribution < 1.29 is 4.79 Å². The third-order valence-corrected chi connectivity index (χ3v) is 6.84. The van der Waals surface area contributed by atoms with Gasteiger partial charge in [0.15, 0.2) is 0 Å². The molecule has 4 rings (SSSR count). The molecule has 0 atom stereocenters. The Morgan fingerprint density at radius 3 is 2.55 bits per heavy atom. The van der Waals surface area contributed by atoms with Gasteiger partial charge < -0.3 is 15.2 Å². The fourth-order valence-corrected chi connectivity index (χ4v) is 4.76. The molecule has 0 saturated carbocycles. The van der Waals surface area contributed by atoms with Crippen LogP contribution < -0.4 is 16.0 Å². The van der Waals surface area contributed by atoms with Crippen LogP contribution >= 0.6 is 23.2 Å². The van der Waals surface area contributed by atoms with Crippen LogP contribution in [0.5, 0.6) is 0 Å². The SMILES string of the molecule is N#Cc1ccc2cc(NC(N)=O)n(CCCCN3CCN(c4cccc(Cl)c4Cl)CC3)c2c1. The number of hydrogen-bond acceptors (Lipinski definition) is 4. The van der Waals surface area contributed by atoms with Crippen molar-refractivity contribution in [1.29, 1.82) is 5.26 Å². The van der Waals surface area contributed by atoms with Crippen molar-refractivity contribution in [3.8, 4) is 6.07 Å². The molecular weight excluding hydrogens is 459 g/mol. The van der Waals surface area contributed by atoms with E-state index in [-0.39, 0.29) is 0 Å². The molecule has 3 aromatic rings. The van der Waals surface area contributed by atoms with E-state index in [9.17, 15) is 10.1 Å². The van der Waals surface area contributed by atoms with Crippen LogP contribution in [0.15, 0.2) is 42.5 Å². The Kier molecular flexibility index (Phi) is 7.29. The number of carbonyl (C=O) groups excluding carboxylic acids is 1. The Hall–Kier alpha value is -2.92. The first-order valence-electron chi connectivity index (χ1n) is 11.0. The molecule has 0 aliphatic carbocycles. The fourth-order valence-electron chi connectivity index (χ4n) is 4.35. The average molecular weight is 485 g/mol. The van der Waals surface area contributed by atoms with Crippen LogP contribution in [0.3, 0.4) is 0 Å². The number of carbonyl (C=O) groups is 1. The van der Waals surface area contributed by atoms with Crippen molar-refractivity contribution in [2.24, 2.45) is 5.73 Å². The predicted molar refractivity (Wildman–Crippen MR) is 134 cm³/mol. The third-order valence-electron chi connectivity index (χ3n) is 6.03. The lowest BCUT2D eigenvalue weighted by atomic mass is 10.2. The van der Waals surface area contributed by atoms with Crippen molar-refractivity contribution in [2.75, 3.05) is 42.9 Å². The van der Waals surface area contributed by atoms with E-state index < -0.39 is 6.03 Å². The zero-order valence-corrected chi connectivity index (χ0v) is 19.7. The summed E-state index contributed by atoms with van der Waals surface area (Å²) in [5, 5.41) is 14.1. The average Bonchev–Trinajstić information content (AvgIpc) is 3.14. The molecule has 0 spiro atoms. The third kappa shape index (κ3) is 5.36. The number of rotatable bonds is 7. The summed E-state index contributed by atoms with van der Waals surface area (Å²) in [5.74, 6) is 0.652. The number of aryl methyl sites for hydroxylation is 1. The second kappa shape index (κ2) is 10.3. The number of hydrogen-bond donors (Lipinski definition) is 2. The Labute approximate surface area is 203 Å². The minimum Gasteiger partial charge on any atom is -0.368 e. The molecule has 0 unspecified atom stereocenters. The van der Waals surface area contributed by atoms with Crippen molar-refractivity contribution >= 4 is 51.6 Å². The highest BCUT2D eigenvalue weighted by Crippen LogP contribution is 2.33. The number of halogens is 2. The number of piperazine rings is 1. The van der Waals surface area contributed by atoms with E-state index in [0.29, 0.717) is 21.4 Å². The van der Waals surface area contributed by atoms with Gasteiger partial charge in [-0.3, -0.25) is 10.2 Å². The van der Waals surface area contributed by atoms with Crippen LogP contribution in [0, 0.1) is 11.3 Å². The van der Waals surface area contributed by atoms with Gasteiger partial charge in [-0.1, -0.05) is 35.3 Å². The summed E-state index contributed by atoms with van der Waals surface area (Å²) in [6, 6.07) is 14.7. The van der Waals surface area contributed by atoms with Gasteiger partial charge in [0.1, 0.15) is 5.82 Å². The van der Waals surface area contributed by atoms with Gasteiger partial charge in [0.25, 0.3) is 0 Å². The molecule has 0 bridgehead atoms. The summed E-state index contributed by atoms with van der Waals surface area (Å²) >= 11 is 12.5. The first-order chi connectivity index (χ1) is 16.0. The maximum Gasteiger partial charge on any atom is 0.317 e. The predicted octanol–water partition coefficient (Wildman–Crippen LogP) is 4.91. The van der Waals surface area contributed by atoms with Crippen molar-refractivity contribution in [2.45, 2.75) is 19.4 Å². The summed E-state index contributed by atoms with van der Waals surface area (Å²) < 4.78 is 2.03. The van der Waals surface area contributed by atoms with E-state index in [4.69, 9.17) is 28.9 Å². The normalized spacial score (nSPS) is 14.4. The number of aromatic nitrogens is 1. The zero-order chi connectivity index (χ0) is 23.4. The molecule has 1 aliphatic heterocycles. The number of urea groups is 1. The lowest BCUT2D eigenvalue weighted by Crippen LogP contribution is -2.46. The molecule has 2 aromatic carbocycles. The van der Waals surface area contributed by atoms with E-state index in [2.05, 4.69) is 21.2 Å². The van der Waals surface area contributed by atoms with Gasteiger partial charge in [-0.25, -0.2) is 4.79 Å². The summed E-state index contributed by atoms with van der Waals surface area (Å²) in [4.78, 5) is 16.2. The number of nitriles is 1. The second-order valence-corrected chi connectivity index (χ2v) is 8.95. The van der Waals surface area contributed by atoms with E-state index in [1.165, 1.54) is 0 Å². The van der Waals surface area contributed by atoms with Crippen LogP contribution in [0.1, 0.15) is 18.4 Å². The van der Waals surface area contributed by atoms with Crippen molar-refractivity contribution in [3.05, 3.63) is 58.1 Å². The molecule has 1 aromatic heterocycles. The van der Waals surface area contributed by atoms with Crippen LogP contribution in [-0.4, -0.2) is 48.2 Å². The molecule has 0 radical (unpaired) electrons. The maximum atomic E-state index is 11.4. The molecule has 172 valence electrons. The zero-order valence-electron chi connectivity index (χ0n) is 18.2. The standard InChI is InChI=1S/C24H26Cl2N6O/c25-19-4-3-5-20(23(19)26)31-12-10-30(11-13-31)8-1-2-9-32-21-14-17(16-27)6-7-18(21)15-22(32)29-24(28)33/h3-7,14-15H,1-2,8-13H2,(H3,28,29,33). The molecule has 7 nitrogen and oxygen atoms in total. The van der Waals surface area contributed by atoms with Gasteiger partial charge in [0, 0.05) is 38.1 Å². The van der Waals surface area contributed by atoms with Crippen LogP contribution in [0.25, 0.3) is 10.9 Å². The van der Waals surface area contributed by atoms with Gasteiger partial charge in [-0.2, -0.15) is 5.26 Å². The maximum absolute atomic E-state index is 11.4. The molecule has 3 N–H and O–H groups in total. The Morgan fingerprint density at radius 1 is 1.06 bits per heavy atom. The highest BCUT2D eigenvalue weighted by Gasteiger charge is 2.19. The number of nitrogens with zero attached hydrogens (tertiary/aromatic N) is 4. The number of nitrogens with two attached hydrogens (primary N) is 1. The summed E-state index contributed by atoms with van der Waals surface area (Å²) in [6.07, 6.45) is 1.96. The van der Waals surface area contributed by atoms with Gasteiger partial charge in [0.05, 0.1) is 32.9 Å². The smallest absolute Gasteiger partial charge is 0.317 e. The van der Waals surface area contributed by atoms with E-state index in [1.54, 1.807) is 6.07 Å². The fraction of sp³-hybridized carbons (Fsp3) is 0.333. The summed E-state index contributed by atoms with van der Waals surface area (Å²) in [5.41, 5.74) is 7.86. The van der Waals surface area contributed by atoms with Gasteiger partial charge >= 0.3 is 6.03 Å². The Bertz CT molecular complexity index is 1190. The minimum absolute atomic E-state index is 0.584. The number of fused-ring (bicyclic) bond motifs is 1. The molecule has 1 aliphatic rings. The molecule has 9 heteroatoms. The molecule has 33 heavy (non-hydrogen) atoms. The van der Waals surface area contributed by atoms with Crippen LogP contribution in [0.4, 0.5) is 16.3 Å². The number of anilines is 2. The second-order valence-electron chi connectivity index (χ2n) is 8.16. The monoisotopic (exact) mass is 484 g/mol.